The SMILES string of the molecule is C1CNCCOC1.O=C1CCC(c2cnc3c(c2)c(-c2nc(C(F)(F)F)cs2)cn3S(=O)(=O)c2ccccc2)CC1.O=S(=O)(c1ccccc1)n1cc(-c2nc(C(F)(F)F)cs2)c2cc(C3CCC(N4CCCOCC4)CC3)cnc21.O=S(=O)(c1ccccc1)n1cc(-c2nc(C(F)(F)F)cs2)c2cc(C3CCC(N4CCCOCC4)CC3)cnc21. The Bertz CT molecular complexity index is 5660. The second-order valence-corrected chi connectivity index (χ2v) is 38.6. The lowest BCUT2D eigenvalue weighted by molar-refractivity contribution is -0.141. The van der Waals surface area contributed by atoms with Gasteiger partial charge < -0.3 is 19.5 Å². The Kier molecular flexibility index (Phi) is 26.9. The zero-order valence-electron chi connectivity index (χ0n) is 65.4. The third-order valence-corrected chi connectivity index (χ3v) is 30.5. The van der Waals surface area contributed by atoms with E-state index >= 15 is 0 Å². The van der Waals surface area contributed by atoms with Crippen molar-refractivity contribution in [2.24, 2.45) is 0 Å². The van der Waals surface area contributed by atoms with Gasteiger partial charge >= 0.3 is 18.5 Å². The topological polar surface area (TPSA) is 258 Å². The Morgan fingerprint density at radius 2 is 0.711 bits per heavy atom. The second kappa shape index (κ2) is 37.4. The number of rotatable bonds is 14. The number of ether oxygens (including phenoxy) is 3. The highest BCUT2D eigenvalue weighted by atomic mass is 32.2. The number of alkyl halides is 9. The van der Waals surface area contributed by atoms with Gasteiger partial charge in [0.15, 0.2) is 34.0 Å². The number of Topliss-reactive ketones (excluding diaryl/α,β-unsaturated/α-hetero) is 1. The van der Waals surface area contributed by atoms with E-state index in [1.165, 1.54) is 61.4 Å². The number of carbonyl (C=O) groups is 1. The molecule has 3 aromatic carbocycles. The molecule has 3 saturated heterocycles. The van der Waals surface area contributed by atoms with Crippen molar-refractivity contribution >= 4 is 103 Å². The zero-order valence-corrected chi connectivity index (χ0v) is 70.3. The summed E-state index contributed by atoms with van der Waals surface area (Å²) in [6, 6.07) is 30.2. The largest absolute Gasteiger partial charge is 0.434 e. The van der Waals surface area contributed by atoms with Crippen LogP contribution in [0.3, 0.4) is 0 Å². The van der Waals surface area contributed by atoms with E-state index in [9.17, 15) is 69.6 Å². The summed E-state index contributed by atoms with van der Waals surface area (Å²) >= 11 is 2.48. The van der Waals surface area contributed by atoms with E-state index in [1.807, 2.05) is 12.1 Å². The summed E-state index contributed by atoms with van der Waals surface area (Å²) in [5.41, 5.74) is 1.08. The van der Waals surface area contributed by atoms with Gasteiger partial charge in [-0.1, -0.05) is 54.6 Å². The van der Waals surface area contributed by atoms with Crippen LogP contribution in [0.1, 0.15) is 148 Å². The second-order valence-electron chi connectivity index (χ2n) is 30.5. The summed E-state index contributed by atoms with van der Waals surface area (Å²) in [7, 11) is -12.1. The van der Waals surface area contributed by atoms with E-state index in [-0.39, 0.29) is 75.8 Å². The molecule has 12 heterocycles. The molecule has 0 bridgehead atoms. The van der Waals surface area contributed by atoms with Gasteiger partial charge in [-0.15, -0.1) is 34.0 Å². The third kappa shape index (κ3) is 19.9. The Labute approximate surface area is 705 Å². The van der Waals surface area contributed by atoms with Gasteiger partial charge in [-0.05, 0) is 179 Å². The number of hydrogen-bond acceptors (Lipinski definition) is 22. The first kappa shape index (κ1) is 87.2. The first-order valence-corrected chi connectivity index (χ1v) is 47.0. The predicted octanol–water partition coefficient (Wildman–Crippen LogP) is 18.0. The fourth-order valence-electron chi connectivity index (χ4n) is 16.5. The average molecular weight is 1790 g/mol. The zero-order chi connectivity index (χ0) is 84.9. The standard InChI is InChI=1S/2C28H29F3N4O3S2.C23H18F3N3O3S2.C5H11NO/c2*29-28(30,31)25-18-39-27(33-25)24-17-35(40(36,37)22-5-2-1-3-6-22)26-23(24)15-20(16-32-26)19-7-9-21(10-8-19)34-11-4-13-38-14-12-34;24-23(25,26)20-13-33-22(28-20)19-12-29(34(31,32)17-4-2-1-3-5-17)21-18(19)10-15(11-27-21)14-6-8-16(30)9-7-14;1-2-6-3-5-7-4-1/h2*1-3,5-6,15-19,21H,4,7-14H2;1-5,10-14H,6-9H2;6H,1-5H2. The summed E-state index contributed by atoms with van der Waals surface area (Å²) < 4.78 is 220. The maximum atomic E-state index is 13.6. The van der Waals surface area contributed by atoms with Crippen molar-refractivity contribution in [2.45, 2.75) is 159 Å². The molecule has 0 radical (unpaired) electrons. The molecule has 0 spiro atoms. The maximum Gasteiger partial charge on any atom is 0.434 e. The van der Waals surface area contributed by atoms with Crippen molar-refractivity contribution in [3.05, 3.63) is 196 Å². The van der Waals surface area contributed by atoms with E-state index in [1.54, 1.807) is 79.3 Å². The maximum absolute atomic E-state index is 13.6. The van der Waals surface area contributed by atoms with Gasteiger partial charge in [-0.2, -0.15) is 39.5 Å². The smallest absolute Gasteiger partial charge is 0.380 e. The lowest BCUT2D eigenvalue weighted by atomic mass is 9.81. The molecule has 6 fully saturated rings. The quantitative estimate of drug-likeness (QED) is 0.0992. The lowest BCUT2D eigenvalue weighted by Gasteiger charge is -2.36. The van der Waals surface area contributed by atoms with Crippen LogP contribution in [0.15, 0.2) is 177 Å². The van der Waals surface area contributed by atoms with E-state index in [4.69, 9.17) is 14.2 Å². The van der Waals surface area contributed by atoms with E-state index in [2.05, 4.69) is 45.0 Å². The molecule has 37 heteroatoms. The van der Waals surface area contributed by atoms with Crippen molar-refractivity contribution in [3.63, 3.8) is 0 Å². The van der Waals surface area contributed by atoms with Crippen LogP contribution in [0.4, 0.5) is 39.5 Å². The van der Waals surface area contributed by atoms with Crippen molar-refractivity contribution in [3.8, 4) is 31.7 Å². The van der Waals surface area contributed by atoms with Crippen LogP contribution in [0.5, 0.6) is 0 Å². The molecule has 12 aromatic rings. The summed E-state index contributed by atoms with van der Waals surface area (Å²) in [5.74, 6) is 0.743. The molecule has 22 nitrogen and oxygen atoms in total. The van der Waals surface area contributed by atoms with Gasteiger partial charge in [0.25, 0.3) is 30.1 Å². The highest BCUT2D eigenvalue weighted by Gasteiger charge is 2.40. The van der Waals surface area contributed by atoms with Gasteiger partial charge in [0, 0.05) is 164 Å². The minimum Gasteiger partial charge on any atom is -0.380 e. The van der Waals surface area contributed by atoms with Crippen LogP contribution in [0.25, 0.3) is 64.8 Å². The molecule has 1 N–H and O–H groups in total. The van der Waals surface area contributed by atoms with Crippen LogP contribution >= 0.6 is 34.0 Å². The highest BCUT2D eigenvalue weighted by molar-refractivity contribution is 7.90. The molecule has 6 aliphatic rings. The molecule has 18 rings (SSSR count). The monoisotopic (exact) mass is 1790 g/mol. The molecule has 642 valence electrons. The van der Waals surface area contributed by atoms with Gasteiger partial charge in [0.2, 0.25) is 0 Å². The fourth-order valence-corrected chi connectivity index (χ4v) is 23.1. The van der Waals surface area contributed by atoms with Crippen LogP contribution < -0.4 is 5.32 Å². The first-order chi connectivity index (χ1) is 58.1. The molecule has 3 aliphatic carbocycles. The van der Waals surface area contributed by atoms with E-state index in [0.29, 0.717) is 65.1 Å². The number of carbonyl (C=O) groups excluding carboxylic acids is 1. The van der Waals surface area contributed by atoms with Gasteiger partial charge in [0.05, 0.1) is 34.5 Å². The molecule has 121 heavy (non-hydrogen) atoms. The van der Waals surface area contributed by atoms with Gasteiger partial charge in [-0.3, -0.25) is 14.6 Å². The Morgan fingerprint density at radius 3 is 1.04 bits per heavy atom. The number of hydrogen-bond donors (Lipinski definition) is 1. The minimum absolute atomic E-state index is 0.0326. The normalized spacial score (nSPS) is 20.0. The Morgan fingerprint density at radius 1 is 0.388 bits per heavy atom. The summed E-state index contributed by atoms with van der Waals surface area (Å²) in [4.78, 5) is 41.8. The lowest BCUT2D eigenvalue weighted by Crippen LogP contribution is -2.39. The van der Waals surface area contributed by atoms with Crippen molar-refractivity contribution in [1.82, 2.24) is 56.9 Å². The van der Waals surface area contributed by atoms with Crippen LogP contribution in [0, 0.1) is 0 Å². The molecule has 0 unspecified atom stereocenters. The number of nitrogens with zero attached hydrogens (tertiary/aromatic N) is 11. The number of fused-ring (bicyclic) bond motifs is 3. The van der Waals surface area contributed by atoms with Gasteiger partial charge in [-0.25, -0.2) is 67.1 Å². The van der Waals surface area contributed by atoms with E-state index in [0.717, 1.165) is 222 Å². The van der Waals surface area contributed by atoms with Crippen LogP contribution in [-0.2, 0) is 67.6 Å². The summed E-state index contributed by atoms with van der Waals surface area (Å²) in [5, 5.41) is 7.66. The Balaban J connectivity index is 0.000000136. The molecule has 0 amide bonds. The Hall–Kier alpha value is -8.73. The number of benzene rings is 3. The summed E-state index contributed by atoms with van der Waals surface area (Å²) in [6.45, 7) is 11.1. The first-order valence-electron chi connectivity index (χ1n) is 40.1. The average Bonchev–Trinajstić information content (AvgIpc) is 1.60. The number of aromatic nitrogens is 9. The van der Waals surface area contributed by atoms with E-state index < -0.39 is 65.7 Å². The highest BCUT2D eigenvalue weighted by Crippen LogP contribution is 2.46. The van der Waals surface area contributed by atoms with Crippen molar-refractivity contribution in [1.29, 1.82) is 0 Å². The predicted molar refractivity (Wildman–Crippen MR) is 443 cm³/mol. The molecular formula is C84H87F9N12O10S6. The van der Waals surface area contributed by atoms with Crippen molar-refractivity contribution < 1.29 is 83.8 Å². The third-order valence-electron chi connectivity index (χ3n) is 22.8. The molecule has 3 saturated carbocycles. The number of halogens is 9. The molecule has 9 aromatic heterocycles. The van der Waals surface area contributed by atoms with Crippen molar-refractivity contribution in [2.75, 3.05) is 78.9 Å². The number of nitrogens with one attached hydrogen (secondary N) is 1. The number of thiazole rings is 3. The van der Waals surface area contributed by atoms with Crippen LogP contribution in [0.2, 0.25) is 0 Å². The van der Waals surface area contributed by atoms with Gasteiger partial charge in [0.1, 0.15) is 20.8 Å². The summed E-state index contributed by atoms with van der Waals surface area (Å²) in [6.07, 6.45) is 8.70. The molecule has 3 aliphatic heterocycles. The molecular weight excluding hydrogens is 1700 g/mol. The van der Waals surface area contributed by atoms with Crippen LogP contribution in [-0.4, -0.2) is 174 Å². The number of ketones is 1. The molecule has 0 atom stereocenters. The minimum atomic E-state index is -4.61. The number of pyridine rings is 3. The fraction of sp³-hybridized carbons (Fsp3) is 0.417.